The first-order chi connectivity index (χ1) is 11.6. The van der Waals surface area contributed by atoms with Crippen LogP contribution in [0.1, 0.15) is 71.1 Å². The molecule has 0 aromatic carbocycles. The molecule has 0 unspecified atom stereocenters. The topological polar surface area (TPSA) is 9.23 Å². The van der Waals surface area contributed by atoms with Crippen LogP contribution in [0.4, 0.5) is 13.2 Å². The van der Waals surface area contributed by atoms with Crippen molar-refractivity contribution < 1.29 is 17.9 Å². The van der Waals surface area contributed by atoms with Gasteiger partial charge in [-0.25, -0.2) is 4.39 Å². The molecule has 0 aromatic heterocycles. The summed E-state index contributed by atoms with van der Waals surface area (Å²) in [5, 5.41) is 0. The summed E-state index contributed by atoms with van der Waals surface area (Å²) in [4.78, 5) is 0. The van der Waals surface area contributed by atoms with Crippen molar-refractivity contribution in [3.63, 3.8) is 0 Å². The molecule has 0 aliphatic heterocycles. The van der Waals surface area contributed by atoms with E-state index in [1.807, 2.05) is 6.92 Å². The molecule has 0 radical (unpaired) electrons. The van der Waals surface area contributed by atoms with Crippen LogP contribution >= 0.6 is 0 Å². The first-order valence-corrected chi connectivity index (χ1v) is 9.55. The number of hydrogen-bond donors (Lipinski definition) is 0. The Hall–Kier alpha value is -0.770. The summed E-state index contributed by atoms with van der Waals surface area (Å²) in [6, 6.07) is 0. The summed E-state index contributed by atoms with van der Waals surface area (Å²) in [5.41, 5.74) is 0. The van der Waals surface area contributed by atoms with Crippen molar-refractivity contribution in [3.8, 4) is 0 Å². The molecule has 0 heterocycles. The number of halogens is 3. The third-order valence-corrected chi connectivity index (χ3v) is 5.80. The molecule has 0 N–H and O–H groups in total. The molecule has 0 saturated heterocycles. The SMILES string of the molecule is C/C=C/CCCOC1CCC(C2CCC(C(F)=C(F)F)CC2)CC1. The summed E-state index contributed by atoms with van der Waals surface area (Å²) in [7, 11) is 0. The number of allylic oxidation sites excluding steroid dienone is 3. The molecule has 2 fully saturated rings. The molecule has 0 amide bonds. The van der Waals surface area contributed by atoms with E-state index in [1.165, 1.54) is 12.8 Å². The Kier molecular flexibility index (Phi) is 8.37. The zero-order chi connectivity index (χ0) is 17.4. The summed E-state index contributed by atoms with van der Waals surface area (Å²) in [6.07, 6.45) is 12.2. The molecule has 0 bridgehead atoms. The van der Waals surface area contributed by atoms with E-state index in [-0.39, 0.29) is 0 Å². The molecule has 24 heavy (non-hydrogen) atoms. The van der Waals surface area contributed by atoms with Crippen molar-refractivity contribution in [3.05, 3.63) is 24.1 Å². The maximum atomic E-state index is 13.3. The molecule has 0 spiro atoms. The van der Waals surface area contributed by atoms with E-state index in [1.54, 1.807) is 0 Å². The highest BCUT2D eigenvalue weighted by Gasteiger charge is 2.33. The Labute approximate surface area is 144 Å². The van der Waals surface area contributed by atoms with Crippen LogP contribution in [0.3, 0.4) is 0 Å². The van der Waals surface area contributed by atoms with Crippen molar-refractivity contribution in [2.75, 3.05) is 6.61 Å². The van der Waals surface area contributed by atoms with Crippen LogP contribution in [-0.4, -0.2) is 12.7 Å². The van der Waals surface area contributed by atoms with Crippen molar-refractivity contribution in [2.24, 2.45) is 17.8 Å². The molecular weight excluding hydrogens is 313 g/mol. The highest BCUT2D eigenvalue weighted by Crippen LogP contribution is 2.43. The Morgan fingerprint density at radius 3 is 2.04 bits per heavy atom. The summed E-state index contributed by atoms with van der Waals surface area (Å²) < 4.78 is 44.0. The lowest BCUT2D eigenvalue weighted by Crippen LogP contribution is -2.29. The van der Waals surface area contributed by atoms with E-state index in [9.17, 15) is 13.2 Å². The first kappa shape index (κ1) is 19.6. The van der Waals surface area contributed by atoms with Gasteiger partial charge in [-0.2, -0.15) is 8.78 Å². The fraction of sp³-hybridized carbons (Fsp3) is 0.800. The Balaban J connectivity index is 1.64. The minimum atomic E-state index is -2.12. The Bertz CT molecular complexity index is 413. The van der Waals surface area contributed by atoms with Crippen LogP contribution in [0.2, 0.25) is 0 Å². The zero-order valence-corrected chi connectivity index (χ0v) is 14.8. The highest BCUT2D eigenvalue weighted by molar-refractivity contribution is 5.00. The molecule has 0 aromatic rings. The molecule has 138 valence electrons. The smallest absolute Gasteiger partial charge is 0.301 e. The Morgan fingerprint density at radius 1 is 0.917 bits per heavy atom. The molecule has 1 nitrogen and oxygen atoms in total. The number of ether oxygens (including phenoxy) is 1. The van der Waals surface area contributed by atoms with Gasteiger partial charge in [0.15, 0.2) is 5.83 Å². The summed E-state index contributed by atoms with van der Waals surface area (Å²) in [6.45, 7) is 2.87. The van der Waals surface area contributed by atoms with Gasteiger partial charge >= 0.3 is 6.08 Å². The van der Waals surface area contributed by atoms with Gasteiger partial charge in [0.25, 0.3) is 0 Å². The maximum Gasteiger partial charge on any atom is 0.301 e. The molecule has 2 aliphatic carbocycles. The predicted molar refractivity (Wildman–Crippen MR) is 91.5 cm³/mol. The first-order valence-electron chi connectivity index (χ1n) is 9.55. The van der Waals surface area contributed by atoms with Crippen molar-refractivity contribution in [2.45, 2.75) is 77.2 Å². The van der Waals surface area contributed by atoms with Crippen LogP contribution in [0.15, 0.2) is 24.1 Å². The zero-order valence-electron chi connectivity index (χ0n) is 14.8. The van der Waals surface area contributed by atoms with Gasteiger partial charge in [-0.1, -0.05) is 12.2 Å². The minimum absolute atomic E-state index is 0.393. The van der Waals surface area contributed by atoms with Gasteiger partial charge in [0.05, 0.1) is 6.10 Å². The lowest BCUT2D eigenvalue weighted by molar-refractivity contribution is 0.00647. The summed E-state index contributed by atoms with van der Waals surface area (Å²) in [5.74, 6) is -0.435. The van der Waals surface area contributed by atoms with Crippen LogP contribution in [-0.2, 0) is 4.74 Å². The lowest BCUT2D eigenvalue weighted by Gasteiger charge is -2.37. The van der Waals surface area contributed by atoms with E-state index in [0.29, 0.717) is 30.8 Å². The third kappa shape index (κ3) is 5.94. The van der Waals surface area contributed by atoms with Gasteiger partial charge in [0.2, 0.25) is 0 Å². The second kappa shape index (κ2) is 10.3. The second-order valence-corrected chi connectivity index (χ2v) is 7.34. The summed E-state index contributed by atoms with van der Waals surface area (Å²) >= 11 is 0. The van der Waals surface area contributed by atoms with Crippen LogP contribution in [0, 0.1) is 17.8 Å². The van der Waals surface area contributed by atoms with E-state index >= 15 is 0 Å². The average molecular weight is 344 g/mol. The molecule has 0 atom stereocenters. The monoisotopic (exact) mass is 344 g/mol. The van der Waals surface area contributed by atoms with Gasteiger partial charge in [-0.15, -0.1) is 0 Å². The fourth-order valence-corrected chi connectivity index (χ4v) is 4.34. The number of hydrogen-bond acceptors (Lipinski definition) is 1. The van der Waals surface area contributed by atoms with Crippen LogP contribution in [0.25, 0.3) is 0 Å². The average Bonchev–Trinajstić information content (AvgIpc) is 2.61. The van der Waals surface area contributed by atoms with Crippen molar-refractivity contribution in [1.29, 1.82) is 0 Å². The van der Waals surface area contributed by atoms with Gasteiger partial charge in [0.1, 0.15) is 0 Å². The molecular formula is C20H31F3O. The van der Waals surface area contributed by atoms with Crippen molar-refractivity contribution in [1.82, 2.24) is 0 Å². The van der Waals surface area contributed by atoms with Crippen molar-refractivity contribution >= 4 is 0 Å². The van der Waals surface area contributed by atoms with Gasteiger partial charge in [-0.05, 0) is 83.0 Å². The standard InChI is InChI=1S/C20H31F3O/c1-2-3-4-5-14-24-18-12-10-16(11-13-18)15-6-8-17(9-7-15)19(21)20(22)23/h2-3,15-18H,4-14H2,1H3/b3-2+. The predicted octanol–water partition coefficient (Wildman–Crippen LogP) is 6.80. The minimum Gasteiger partial charge on any atom is -0.378 e. The Morgan fingerprint density at radius 2 is 1.50 bits per heavy atom. The third-order valence-electron chi connectivity index (χ3n) is 5.80. The molecule has 2 rings (SSSR count). The number of unbranched alkanes of at least 4 members (excludes halogenated alkanes) is 1. The molecule has 4 heteroatoms. The van der Waals surface area contributed by atoms with Gasteiger partial charge in [-0.3, -0.25) is 0 Å². The largest absolute Gasteiger partial charge is 0.378 e. The fourth-order valence-electron chi connectivity index (χ4n) is 4.34. The number of rotatable bonds is 7. The molecule has 2 aliphatic rings. The van der Waals surface area contributed by atoms with Gasteiger partial charge < -0.3 is 4.74 Å². The normalized spacial score (nSPS) is 31.3. The lowest BCUT2D eigenvalue weighted by atomic mass is 9.70. The van der Waals surface area contributed by atoms with E-state index in [2.05, 4.69) is 12.2 Å². The molecule has 2 saturated carbocycles. The van der Waals surface area contributed by atoms with E-state index in [0.717, 1.165) is 45.1 Å². The van der Waals surface area contributed by atoms with E-state index in [4.69, 9.17) is 4.74 Å². The second-order valence-electron chi connectivity index (χ2n) is 7.34. The van der Waals surface area contributed by atoms with Gasteiger partial charge in [0, 0.05) is 12.5 Å². The van der Waals surface area contributed by atoms with E-state index < -0.39 is 17.8 Å². The van der Waals surface area contributed by atoms with Crippen LogP contribution < -0.4 is 0 Å². The van der Waals surface area contributed by atoms with Crippen LogP contribution in [0.5, 0.6) is 0 Å². The quantitative estimate of drug-likeness (QED) is 0.364. The maximum absolute atomic E-state index is 13.3. The highest BCUT2D eigenvalue weighted by atomic mass is 19.3.